The molecule has 2 aliphatic heterocycles. The number of anilines is 1. The number of urea groups is 1. The molecule has 3 aromatic rings. The first-order valence-electron chi connectivity index (χ1n) is 12.4. The van der Waals surface area contributed by atoms with Crippen molar-refractivity contribution in [3.63, 3.8) is 0 Å². The van der Waals surface area contributed by atoms with Crippen LogP contribution >= 0.6 is 0 Å². The third kappa shape index (κ3) is 5.44. The summed E-state index contributed by atoms with van der Waals surface area (Å²) < 4.78 is 0. The maximum absolute atomic E-state index is 13.1. The third-order valence-corrected chi connectivity index (χ3v) is 7.10. The topological polar surface area (TPSA) is 76.0 Å². The Balaban J connectivity index is 1.30. The first-order chi connectivity index (χ1) is 17.5. The van der Waals surface area contributed by atoms with Crippen LogP contribution < -0.4 is 5.32 Å². The molecule has 3 N–H and O–H groups in total. The second kappa shape index (κ2) is 10.5. The molecule has 2 amide bonds. The van der Waals surface area contributed by atoms with Gasteiger partial charge in [0.2, 0.25) is 0 Å². The van der Waals surface area contributed by atoms with Crippen LogP contribution in [0.4, 0.5) is 10.5 Å². The molecule has 6 heteroatoms. The van der Waals surface area contributed by atoms with Crippen molar-refractivity contribution in [1.29, 1.82) is 0 Å². The molecular weight excluding hydrogens is 450 g/mol. The Labute approximate surface area is 212 Å². The minimum atomic E-state index is -0.990. The fourth-order valence-corrected chi connectivity index (χ4v) is 4.90. The number of aryl methyl sites for hydroxylation is 1. The molecule has 0 bridgehead atoms. The summed E-state index contributed by atoms with van der Waals surface area (Å²) in [5, 5.41) is 23.9. The summed E-state index contributed by atoms with van der Waals surface area (Å²) >= 11 is 0. The van der Waals surface area contributed by atoms with Gasteiger partial charge in [-0.3, -0.25) is 4.90 Å². The number of benzene rings is 3. The van der Waals surface area contributed by atoms with E-state index in [4.69, 9.17) is 0 Å². The van der Waals surface area contributed by atoms with E-state index in [9.17, 15) is 15.0 Å². The third-order valence-electron chi connectivity index (χ3n) is 7.10. The summed E-state index contributed by atoms with van der Waals surface area (Å²) in [7, 11) is 0. The van der Waals surface area contributed by atoms with Crippen LogP contribution in [0.1, 0.15) is 28.2 Å². The van der Waals surface area contributed by atoms with Crippen LogP contribution in [0, 0.1) is 18.8 Å². The molecule has 4 atom stereocenters. The van der Waals surface area contributed by atoms with E-state index in [2.05, 4.69) is 34.2 Å². The number of β-amino-alcohol motifs (C(OH)–C–C–N with tert-alkyl or cyclic N) is 1. The summed E-state index contributed by atoms with van der Waals surface area (Å²) in [6.07, 6.45) is -1.89. The van der Waals surface area contributed by atoms with Gasteiger partial charge in [-0.15, -0.1) is 0 Å². The zero-order chi connectivity index (χ0) is 25.1. The van der Waals surface area contributed by atoms with Crippen molar-refractivity contribution in [1.82, 2.24) is 9.80 Å². The van der Waals surface area contributed by atoms with Crippen LogP contribution in [-0.4, -0.2) is 70.5 Å². The number of carbonyl (C=O) groups excluding carboxylic acids is 1. The van der Waals surface area contributed by atoms with Gasteiger partial charge < -0.3 is 20.4 Å². The number of hydrogen-bond donors (Lipinski definition) is 3. The maximum atomic E-state index is 13.1. The van der Waals surface area contributed by atoms with Gasteiger partial charge >= 0.3 is 6.03 Å². The van der Waals surface area contributed by atoms with Crippen molar-refractivity contribution in [2.24, 2.45) is 0 Å². The van der Waals surface area contributed by atoms with Crippen molar-refractivity contribution >= 4 is 11.7 Å². The number of nitrogens with zero attached hydrogens (tertiary/aromatic N) is 2. The Hall–Kier alpha value is -3.63. The molecule has 5 rings (SSSR count). The number of amides is 2. The molecule has 2 fully saturated rings. The van der Waals surface area contributed by atoms with Crippen LogP contribution in [0.2, 0.25) is 0 Å². The van der Waals surface area contributed by atoms with Gasteiger partial charge in [-0.05, 0) is 48.9 Å². The molecule has 6 nitrogen and oxygen atoms in total. The van der Waals surface area contributed by atoms with Crippen LogP contribution in [0.25, 0.3) is 0 Å². The van der Waals surface area contributed by atoms with Gasteiger partial charge in [-0.25, -0.2) is 4.79 Å². The van der Waals surface area contributed by atoms with Crippen LogP contribution in [-0.2, 0) is 0 Å². The highest BCUT2D eigenvalue weighted by Crippen LogP contribution is 2.36. The molecule has 36 heavy (non-hydrogen) atoms. The van der Waals surface area contributed by atoms with Gasteiger partial charge in [0.15, 0.2) is 0 Å². The second-order valence-electron chi connectivity index (χ2n) is 9.70. The molecule has 2 heterocycles. The molecule has 0 saturated carbocycles. The smallest absolute Gasteiger partial charge is 0.321 e. The molecule has 184 valence electrons. The monoisotopic (exact) mass is 481 g/mol. The van der Waals surface area contributed by atoms with Crippen LogP contribution in [0.3, 0.4) is 0 Å². The van der Waals surface area contributed by atoms with Crippen molar-refractivity contribution < 1.29 is 15.0 Å². The van der Waals surface area contributed by atoms with Crippen molar-refractivity contribution in [3.05, 3.63) is 101 Å². The maximum Gasteiger partial charge on any atom is 0.321 e. The lowest BCUT2D eigenvalue weighted by Crippen LogP contribution is -2.65. The van der Waals surface area contributed by atoms with E-state index in [0.717, 1.165) is 23.2 Å². The van der Waals surface area contributed by atoms with Gasteiger partial charge in [-0.1, -0.05) is 59.9 Å². The lowest BCUT2D eigenvalue weighted by Gasteiger charge is -2.52. The summed E-state index contributed by atoms with van der Waals surface area (Å²) in [5.41, 5.74) is 4.94. The first-order valence-corrected chi connectivity index (χ1v) is 12.4. The zero-order valence-corrected chi connectivity index (χ0v) is 20.3. The van der Waals surface area contributed by atoms with E-state index in [1.165, 1.54) is 5.56 Å². The molecule has 3 aromatic carbocycles. The second-order valence-corrected chi connectivity index (χ2v) is 9.70. The first kappa shape index (κ1) is 24.1. The Morgan fingerprint density at radius 2 is 1.44 bits per heavy atom. The predicted octanol–water partition coefficient (Wildman–Crippen LogP) is 3.43. The van der Waals surface area contributed by atoms with Gasteiger partial charge in [0.25, 0.3) is 0 Å². The number of hydrogen-bond acceptors (Lipinski definition) is 4. The van der Waals surface area contributed by atoms with E-state index in [1.54, 1.807) is 4.90 Å². The van der Waals surface area contributed by atoms with Gasteiger partial charge in [0, 0.05) is 48.4 Å². The number of fused-ring (bicyclic) bond motifs is 1. The van der Waals surface area contributed by atoms with Crippen molar-refractivity contribution in [2.45, 2.75) is 31.1 Å². The van der Waals surface area contributed by atoms with Crippen molar-refractivity contribution in [2.75, 3.05) is 31.5 Å². The minimum absolute atomic E-state index is 0.0668. The molecule has 0 aliphatic carbocycles. The highest BCUT2D eigenvalue weighted by atomic mass is 16.3. The average Bonchev–Trinajstić information content (AvgIpc) is 2.89. The van der Waals surface area contributed by atoms with E-state index in [-0.39, 0.29) is 24.5 Å². The molecule has 2 aliphatic rings. The number of carbonyl (C=O) groups is 1. The highest BCUT2D eigenvalue weighted by molar-refractivity contribution is 5.89. The number of aliphatic hydroxyl groups is 2. The molecule has 0 aromatic heterocycles. The number of aliphatic hydroxyl groups excluding tert-OH is 2. The lowest BCUT2D eigenvalue weighted by atomic mass is 9.81. The summed E-state index contributed by atoms with van der Waals surface area (Å²) in [6, 6.07) is 25.6. The molecule has 2 saturated heterocycles. The minimum Gasteiger partial charge on any atom is -0.389 e. The fraction of sp³-hybridized carbons (Fsp3) is 0.300. The number of rotatable bonds is 2. The van der Waals surface area contributed by atoms with Crippen molar-refractivity contribution in [3.8, 4) is 11.8 Å². The van der Waals surface area contributed by atoms with E-state index < -0.39 is 12.2 Å². The zero-order valence-electron chi connectivity index (χ0n) is 20.3. The summed E-state index contributed by atoms with van der Waals surface area (Å²) in [6.45, 7) is 3.73. The Morgan fingerprint density at radius 3 is 2.14 bits per heavy atom. The quantitative estimate of drug-likeness (QED) is 0.491. The standard InChI is InChI=1S/C30H31N3O3/c1-21-7-15-25(16-8-21)31-30(36)33-18-27-26(17-32(27)19-28(34)29(35)20-33)24-13-11-23(12-14-24)10-9-22-5-3-2-4-6-22/h2-8,11-16,26-29,34-35H,17-20H2,1H3,(H,31,36)/t26-,27+,28-,29+/m1/s1. The number of nitrogens with one attached hydrogen (secondary N) is 1. The van der Waals surface area contributed by atoms with Gasteiger partial charge in [0.05, 0.1) is 18.8 Å². The van der Waals surface area contributed by atoms with Crippen LogP contribution in [0.5, 0.6) is 0 Å². The van der Waals surface area contributed by atoms with E-state index >= 15 is 0 Å². The highest BCUT2D eigenvalue weighted by Gasteiger charge is 2.44. The van der Waals surface area contributed by atoms with E-state index in [1.807, 2.05) is 73.7 Å². The summed E-state index contributed by atoms with van der Waals surface area (Å²) in [4.78, 5) is 16.9. The normalized spacial score (nSPS) is 23.8. The molecule has 0 radical (unpaired) electrons. The average molecular weight is 482 g/mol. The molecule has 0 spiro atoms. The van der Waals surface area contributed by atoms with Gasteiger partial charge in [0.1, 0.15) is 0 Å². The summed E-state index contributed by atoms with van der Waals surface area (Å²) in [5.74, 6) is 6.64. The SMILES string of the molecule is Cc1ccc(NC(=O)N2C[C@H](O)[C@H](O)CN3C[C@H](c4ccc(C#Cc5ccccc5)cc4)[C@@H]3C2)cc1. The lowest BCUT2D eigenvalue weighted by molar-refractivity contribution is -0.0720. The van der Waals surface area contributed by atoms with Gasteiger partial charge in [-0.2, -0.15) is 0 Å². The fourth-order valence-electron chi connectivity index (χ4n) is 4.90. The molecular formula is C30H31N3O3. The van der Waals surface area contributed by atoms with E-state index in [0.29, 0.717) is 18.8 Å². The molecule has 0 unspecified atom stereocenters. The van der Waals surface area contributed by atoms with Crippen LogP contribution in [0.15, 0.2) is 78.9 Å². The Morgan fingerprint density at radius 1 is 0.806 bits per heavy atom. The largest absolute Gasteiger partial charge is 0.389 e. The Kier molecular flexibility index (Phi) is 7.06. The Bertz CT molecular complexity index is 1250. The predicted molar refractivity (Wildman–Crippen MR) is 141 cm³/mol.